The summed E-state index contributed by atoms with van der Waals surface area (Å²) in [6.45, 7) is 1.86. The summed E-state index contributed by atoms with van der Waals surface area (Å²) in [5.41, 5.74) is 2.53. The number of benzene rings is 2. The zero-order valence-corrected chi connectivity index (χ0v) is 15.7. The molecule has 0 saturated carbocycles. The van der Waals surface area contributed by atoms with Crippen molar-refractivity contribution in [1.82, 2.24) is 4.98 Å². The third-order valence-corrected chi connectivity index (χ3v) is 5.11. The lowest BCUT2D eigenvalue weighted by atomic mass is 10.1. The number of ether oxygens (including phenoxy) is 2. The minimum Gasteiger partial charge on any atom is -0.493 e. The first kappa shape index (κ1) is 17.9. The van der Waals surface area contributed by atoms with Gasteiger partial charge in [-0.1, -0.05) is 42.5 Å². The molecule has 1 heterocycles. The molecule has 0 bridgehead atoms. The molecule has 0 atom stereocenters. The SMILES string of the molecule is COc1cccc(/C=C/C(=O)c2sc(-c3ccccc3)nc2C)c1OC. The van der Waals surface area contributed by atoms with Gasteiger partial charge in [-0.25, -0.2) is 4.98 Å². The summed E-state index contributed by atoms with van der Waals surface area (Å²) in [5, 5.41) is 0.846. The molecule has 0 unspecified atom stereocenters. The summed E-state index contributed by atoms with van der Waals surface area (Å²) in [7, 11) is 3.17. The molecule has 0 radical (unpaired) electrons. The third kappa shape index (κ3) is 3.68. The number of aryl methyl sites for hydroxylation is 1. The van der Waals surface area contributed by atoms with Crippen LogP contribution in [-0.4, -0.2) is 25.0 Å². The molecular formula is C21H19NO3S. The zero-order chi connectivity index (χ0) is 18.5. The van der Waals surface area contributed by atoms with E-state index in [4.69, 9.17) is 9.47 Å². The van der Waals surface area contributed by atoms with Crippen LogP contribution in [0.1, 0.15) is 20.9 Å². The molecule has 0 fully saturated rings. The maximum atomic E-state index is 12.6. The van der Waals surface area contributed by atoms with Gasteiger partial charge in [0, 0.05) is 11.1 Å². The van der Waals surface area contributed by atoms with Crippen LogP contribution in [0.25, 0.3) is 16.6 Å². The number of methoxy groups -OCH3 is 2. The number of ketones is 1. The van der Waals surface area contributed by atoms with Crippen LogP contribution in [0.15, 0.2) is 54.6 Å². The summed E-state index contributed by atoms with van der Waals surface area (Å²) in [5.74, 6) is 1.15. The van der Waals surface area contributed by atoms with Gasteiger partial charge >= 0.3 is 0 Å². The second kappa shape index (κ2) is 7.97. The van der Waals surface area contributed by atoms with E-state index in [0.717, 1.165) is 21.8 Å². The quantitative estimate of drug-likeness (QED) is 0.454. The lowest BCUT2D eigenvalue weighted by molar-refractivity contribution is 0.105. The van der Waals surface area contributed by atoms with Crippen molar-refractivity contribution >= 4 is 23.2 Å². The highest BCUT2D eigenvalue weighted by molar-refractivity contribution is 7.17. The van der Waals surface area contributed by atoms with Crippen molar-refractivity contribution in [3.05, 3.63) is 70.7 Å². The Kier molecular flexibility index (Phi) is 5.49. The van der Waals surface area contributed by atoms with Crippen LogP contribution in [0.3, 0.4) is 0 Å². The van der Waals surface area contributed by atoms with Crippen molar-refractivity contribution in [2.75, 3.05) is 14.2 Å². The number of thiazole rings is 1. The fourth-order valence-electron chi connectivity index (χ4n) is 2.61. The first-order chi connectivity index (χ1) is 12.6. The van der Waals surface area contributed by atoms with E-state index >= 15 is 0 Å². The predicted octanol–water partition coefficient (Wildman–Crippen LogP) is 5.03. The molecular weight excluding hydrogens is 346 g/mol. The lowest BCUT2D eigenvalue weighted by Crippen LogP contribution is -1.95. The van der Waals surface area contributed by atoms with Crippen LogP contribution in [0.5, 0.6) is 11.5 Å². The number of aromatic nitrogens is 1. The molecule has 2 aromatic carbocycles. The Morgan fingerprint density at radius 3 is 2.50 bits per heavy atom. The molecule has 132 valence electrons. The summed E-state index contributed by atoms with van der Waals surface area (Å²) in [4.78, 5) is 17.8. The monoisotopic (exact) mass is 365 g/mol. The lowest BCUT2D eigenvalue weighted by Gasteiger charge is -2.09. The van der Waals surface area contributed by atoms with Gasteiger partial charge in [-0.2, -0.15) is 0 Å². The van der Waals surface area contributed by atoms with E-state index in [0.29, 0.717) is 16.4 Å². The number of carbonyl (C=O) groups excluding carboxylic acids is 1. The molecule has 0 aliphatic carbocycles. The first-order valence-corrected chi connectivity index (χ1v) is 8.92. The molecule has 0 spiro atoms. The van der Waals surface area contributed by atoms with Crippen LogP contribution in [0, 0.1) is 6.92 Å². The Labute approximate surface area is 156 Å². The highest BCUT2D eigenvalue weighted by Crippen LogP contribution is 2.32. The smallest absolute Gasteiger partial charge is 0.197 e. The Morgan fingerprint density at radius 2 is 1.81 bits per heavy atom. The van der Waals surface area contributed by atoms with Crippen LogP contribution >= 0.6 is 11.3 Å². The summed E-state index contributed by atoms with van der Waals surface area (Å²) in [6.07, 6.45) is 3.29. The van der Waals surface area contributed by atoms with E-state index in [-0.39, 0.29) is 5.78 Å². The van der Waals surface area contributed by atoms with Gasteiger partial charge in [-0.15, -0.1) is 11.3 Å². The Morgan fingerprint density at radius 1 is 1.04 bits per heavy atom. The largest absolute Gasteiger partial charge is 0.493 e. The normalized spacial score (nSPS) is 10.9. The molecule has 0 N–H and O–H groups in total. The molecule has 0 aliphatic heterocycles. The van der Waals surface area contributed by atoms with Gasteiger partial charge in [0.05, 0.1) is 24.8 Å². The van der Waals surface area contributed by atoms with Crippen molar-refractivity contribution in [2.24, 2.45) is 0 Å². The number of allylic oxidation sites excluding steroid dienone is 1. The van der Waals surface area contributed by atoms with E-state index in [1.165, 1.54) is 11.3 Å². The summed E-state index contributed by atoms with van der Waals surface area (Å²) < 4.78 is 10.7. The average molecular weight is 365 g/mol. The van der Waals surface area contributed by atoms with Crippen molar-refractivity contribution in [3.8, 4) is 22.1 Å². The van der Waals surface area contributed by atoms with Crippen LogP contribution in [-0.2, 0) is 0 Å². The van der Waals surface area contributed by atoms with E-state index < -0.39 is 0 Å². The van der Waals surface area contributed by atoms with E-state index in [2.05, 4.69) is 4.98 Å². The topological polar surface area (TPSA) is 48.4 Å². The number of nitrogens with zero attached hydrogens (tertiary/aromatic N) is 1. The molecule has 26 heavy (non-hydrogen) atoms. The standard InChI is InChI=1S/C21H19NO3S/c1-14-20(26-21(22-14)16-8-5-4-6-9-16)17(23)13-12-15-10-7-11-18(24-2)19(15)25-3/h4-13H,1-3H3/b13-12+. The number of carbonyl (C=O) groups is 1. The van der Waals surface area contributed by atoms with E-state index in [9.17, 15) is 4.79 Å². The third-order valence-electron chi connectivity index (χ3n) is 3.89. The van der Waals surface area contributed by atoms with Crippen LogP contribution < -0.4 is 9.47 Å². The summed E-state index contributed by atoms with van der Waals surface area (Å²) in [6, 6.07) is 15.4. The number of para-hydroxylation sites is 1. The molecule has 3 rings (SSSR count). The van der Waals surface area contributed by atoms with Crippen LogP contribution in [0.2, 0.25) is 0 Å². The zero-order valence-electron chi connectivity index (χ0n) is 14.9. The minimum absolute atomic E-state index is 0.0768. The van der Waals surface area contributed by atoms with Gasteiger partial charge in [0.1, 0.15) is 5.01 Å². The van der Waals surface area contributed by atoms with Crippen molar-refractivity contribution in [3.63, 3.8) is 0 Å². The van der Waals surface area contributed by atoms with Gasteiger partial charge in [0.2, 0.25) is 0 Å². The van der Waals surface area contributed by atoms with Gasteiger partial charge in [-0.3, -0.25) is 4.79 Å². The van der Waals surface area contributed by atoms with Gasteiger partial charge in [0.25, 0.3) is 0 Å². The molecule has 0 amide bonds. The number of hydrogen-bond donors (Lipinski definition) is 0. The Balaban J connectivity index is 1.87. The van der Waals surface area contributed by atoms with Crippen molar-refractivity contribution < 1.29 is 14.3 Å². The second-order valence-electron chi connectivity index (χ2n) is 5.58. The van der Waals surface area contributed by atoms with Crippen molar-refractivity contribution in [2.45, 2.75) is 6.92 Å². The Hall–Kier alpha value is -2.92. The molecule has 0 aliphatic rings. The molecule has 0 saturated heterocycles. The molecule has 3 aromatic rings. The maximum Gasteiger partial charge on any atom is 0.197 e. The second-order valence-corrected chi connectivity index (χ2v) is 6.58. The van der Waals surface area contributed by atoms with Gasteiger partial charge < -0.3 is 9.47 Å². The van der Waals surface area contributed by atoms with Crippen molar-refractivity contribution in [1.29, 1.82) is 0 Å². The fourth-order valence-corrected chi connectivity index (χ4v) is 3.61. The average Bonchev–Trinajstić information content (AvgIpc) is 3.08. The highest BCUT2D eigenvalue weighted by atomic mass is 32.1. The van der Waals surface area contributed by atoms with Gasteiger partial charge in [-0.05, 0) is 25.1 Å². The number of rotatable bonds is 6. The van der Waals surface area contributed by atoms with E-state index in [1.54, 1.807) is 26.4 Å². The molecule has 4 nitrogen and oxygen atoms in total. The van der Waals surface area contributed by atoms with E-state index in [1.807, 2.05) is 55.5 Å². The molecule has 5 heteroatoms. The maximum absolute atomic E-state index is 12.6. The highest BCUT2D eigenvalue weighted by Gasteiger charge is 2.14. The number of hydrogen-bond acceptors (Lipinski definition) is 5. The van der Waals surface area contributed by atoms with Crippen LogP contribution in [0.4, 0.5) is 0 Å². The first-order valence-electron chi connectivity index (χ1n) is 8.10. The molecule has 1 aromatic heterocycles. The van der Waals surface area contributed by atoms with Gasteiger partial charge in [0.15, 0.2) is 17.3 Å². The summed E-state index contributed by atoms with van der Waals surface area (Å²) >= 11 is 1.41. The minimum atomic E-state index is -0.0768. The predicted molar refractivity (Wildman–Crippen MR) is 105 cm³/mol. The fraction of sp³-hybridized carbons (Fsp3) is 0.143. The Bertz CT molecular complexity index is 945.